The highest BCUT2D eigenvalue weighted by Gasteiger charge is 2.57. The maximum Gasteiger partial charge on any atom is 0.328 e. The van der Waals surface area contributed by atoms with Crippen LogP contribution in [0.2, 0.25) is 0 Å². The van der Waals surface area contributed by atoms with Crippen LogP contribution in [0.15, 0.2) is 0 Å². The highest BCUT2D eigenvalue weighted by atomic mass is 16.7. The van der Waals surface area contributed by atoms with Crippen LogP contribution >= 0.6 is 0 Å². The summed E-state index contributed by atoms with van der Waals surface area (Å²) in [6.07, 6.45) is 0.837. The Balaban J connectivity index is 0.000000272. The molecule has 0 amide bonds. The van der Waals surface area contributed by atoms with Crippen molar-refractivity contribution in [3.8, 4) is 0 Å². The Labute approximate surface area is 225 Å². The first-order chi connectivity index (χ1) is 17.2. The first-order valence-corrected chi connectivity index (χ1v) is 13.0. The van der Waals surface area contributed by atoms with Gasteiger partial charge in [-0.3, -0.25) is 4.79 Å². The van der Waals surface area contributed by atoms with Gasteiger partial charge in [0, 0.05) is 0 Å². The molecule has 0 aromatic rings. The summed E-state index contributed by atoms with van der Waals surface area (Å²) in [6, 6.07) is 0. The molecule has 0 bridgehead atoms. The molecule has 2 N–H and O–H groups in total. The summed E-state index contributed by atoms with van der Waals surface area (Å²) in [5, 5.41) is 22.8. The maximum atomic E-state index is 12.0. The molecule has 0 aromatic carbocycles. The van der Waals surface area contributed by atoms with E-state index in [0.717, 1.165) is 10.1 Å². The molecule has 3 saturated heterocycles. The van der Waals surface area contributed by atoms with Crippen molar-refractivity contribution in [2.24, 2.45) is 5.41 Å². The van der Waals surface area contributed by atoms with E-state index in [2.05, 4.69) is 0 Å². The number of esters is 3. The minimum Gasteiger partial charge on any atom is -0.463 e. The number of morpholine rings is 2. The minimum atomic E-state index is -1.09. The van der Waals surface area contributed by atoms with Crippen LogP contribution in [-0.4, -0.2) is 99.4 Å². The number of carbonyl (C=O) groups excluding carboxylic acids is 3. The minimum absolute atomic E-state index is 0.0124. The van der Waals surface area contributed by atoms with Crippen LogP contribution in [0.3, 0.4) is 0 Å². The first kappa shape index (κ1) is 32.4. The molecule has 3 fully saturated rings. The summed E-state index contributed by atoms with van der Waals surface area (Å²) in [6.45, 7) is 18.0. The Hall–Kier alpha value is -1.83. The quantitative estimate of drug-likeness (QED) is 0.395. The van der Waals surface area contributed by atoms with E-state index in [1.54, 1.807) is 41.5 Å². The Morgan fingerprint density at radius 2 is 1.37 bits per heavy atom. The van der Waals surface area contributed by atoms with Crippen LogP contribution < -0.4 is 0 Å². The largest absolute Gasteiger partial charge is 0.463 e. The highest BCUT2D eigenvalue weighted by Crippen LogP contribution is 2.37. The summed E-state index contributed by atoms with van der Waals surface area (Å²) in [5.74, 6) is -1.91. The van der Waals surface area contributed by atoms with Gasteiger partial charge in [0.05, 0.1) is 18.6 Å². The molecule has 220 valence electrons. The standard InChI is InChI=1S/C15H27NO5.C11H19NO5/c1-7-15(8-2)12(18)21-10-14(6,16(15)19)9-20-11(17)13(3,4)5;1-9(2)8(13)15-5-11(12(9)14)6-16-10(3,4)17-7-11/h19H,7-10H2,1-6H3;14H,5-7H2,1-4H3. The number of cyclic esters (lactones) is 2. The number of hydroxylamine groups is 4. The lowest BCUT2D eigenvalue weighted by atomic mass is 9.85. The van der Waals surface area contributed by atoms with E-state index in [0.29, 0.717) is 12.8 Å². The van der Waals surface area contributed by atoms with Crippen molar-refractivity contribution in [2.45, 2.75) is 110 Å². The number of hydrogen-bond acceptors (Lipinski definition) is 12. The molecule has 3 rings (SSSR count). The predicted molar refractivity (Wildman–Crippen MR) is 134 cm³/mol. The summed E-state index contributed by atoms with van der Waals surface area (Å²) in [7, 11) is 0. The van der Waals surface area contributed by atoms with Crippen LogP contribution in [-0.2, 0) is 38.1 Å². The van der Waals surface area contributed by atoms with Gasteiger partial charge < -0.3 is 34.1 Å². The van der Waals surface area contributed by atoms with E-state index in [9.17, 15) is 24.8 Å². The molecule has 0 aromatic heterocycles. The Kier molecular flexibility index (Phi) is 9.35. The number of hydrogen-bond donors (Lipinski definition) is 2. The molecular formula is C26H46N2O10. The maximum absolute atomic E-state index is 12.0. The number of carbonyl (C=O) groups is 3. The van der Waals surface area contributed by atoms with Crippen molar-refractivity contribution in [3.63, 3.8) is 0 Å². The number of nitrogens with zero attached hydrogens (tertiary/aromatic N) is 2. The smallest absolute Gasteiger partial charge is 0.328 e. The predicted octanol–water partition coefficient (Wildman–Crippen LogP) is 2.68. The van der Waals surface area contributed by atoms with E-state index in [1.165, 1.54) is 0 Å². The van der Waals surface area contributed by atoms with Gasteiger partial charge in [0.1, 0.15) is 42.0 Å². The van der Waals surface area contributed by atoms with Crippen LogP contribution in [0, 0.1) is 5.41 Å². The van der Waals surface area contributed by atoms with Crippen molar-refractivity contribution in [1.82, 2.24) is 10.1 Å². The molecule has 1 unspecified atom stereocenters. The van der Waals surface area contributed by atoms with E-state index >= 15 is 0 Å². The van der Waals surface area contributed by atoms with Crippen molar-refractivity contribution in [1.29, 1.82) is 0 Å². The molecule has 3 aliphatic rings. The third-order valence-electron chi connectivity index (χ3n) is 7.43. The molecule has 3 aliphatic heterocycles. The zero-order valence-corrected chi connectivity index (χ0v) is 24.5. The van der Waals surface area contributed by atoms with Gasteiger partial charge in [-0.15, -0.1) is 0 Å². The van der Waals surface area contributed by atoms with Crippen LogP contribution in [0.4, 0.5) is 0 Å². The lowest BCUT2D eigenvalue weighted by Gasteiger charge is -2.52. The third kappa shape index (κ3) is 6.15. The average molecular weight is 547 g/mol. The number of ether oxygens (including phenoxy) is 5. The van der Waals surface area contributed by atoms with Gasteiger partial charge in [0.25, 0.3) is 0 Å². The van der Waals surface area contributed by atoms with Crippen LogP contribution in [0.5, 0.6) is 0 Å². The van der Waals surface area contributed by atoms with Crippen molar-refractivity contribution in [3.05, 3.63) is 0 Å². The molecule has 38 heavy (non-hydrogen) atoms. The molecule has 0 radical (unpaired) electrons. The molecule has 0 saturated carbocycles. The van der Waals surface area contributed by atoms with Gasteiger partial charge in [0.2, 0.25) is 0 Å². The van der Waals surface area contributed by atoms with Crippen LogP contribution in [0.25, 0.3) is 0 Å². The lowest BCUT2D eigenvalue weighted by molar-refractivity contribution is -0.355. The molecule has 1 spiro atoms. The lowest BCUT2D eigenvalue weighted by Crippen LogP contribution is -2.72. The van der Waals surface area contributed by atoms with E-state index < -0.39 is 45.3 Å². The zero-order valence-electron chi connectivity index (χ0n) is 24.5. The molecule has 12 nitrogen and oxygen atoms in total. The summed E-state index contributed by atoms with van der Waals surface area (Å²) < 4.78 is 26.8. The van der Waals surface area contributed by atoms with Crippen molar-refractivity contribution in [2.75, 3.05) is 33.0 Å². The molecule has 1 atom stereocenters. The second kappa shape index (κ2) is 11.0. The summed E-state index contributed by atoms with van der Waals surface area (Å²) in [5.41, 5.74) is -4.55. The van der Waals surface area contributed by atoms with E-state index in [-0.39, 0.29) is 39.0 Å². The second-order valence-corrected chi connectivity index (χ2v) is 12.6. The Morgan fingerprint density at radius 3 is 1.84 bits per heavy atom. The highest BCUT2D eigenvalue weighted by molar-refractivity contribution is 5.82. The fourth-order valence-corrected chi connectivity index (χ4v) is 4.42. The average Bonchev–Trinajstić information content (AvgIpc) is 2.84. The number of rotatable bonds is 4. The van der Waals surface area contributed by atoms with Gasteiger partial charge in [0.15, 0.2) is 5.79 Å². The van der Waals surface area contributed by atoms with E-state index in [4.69, 9.17) is 23.7 Å². The van der Waals surface area contributed by atoms with Gasteiger partial charge in [-0.25, -0.2) is 9.59 Å². The van der Waals surface area contributed by atoms with Gasteiger partial charge in [-0.05, 0) is 68.2 Å². The van der Waals surface area contributed by atoms with Crippen molar-refractivity contribution >= 4 is 17.9 Å². The Bertz CT molecular complexity index is 883. The third-order valence-corrected chi connectivity index (χ3v) is 7.43. The topological polar surface area (TPSA) is 144 Å². The molecule has 0 aliphatic carbocycles. The Morgan fingerprint density at radius 1 is 0.868 bits per heavy atom. The summed E-state index contributed by atoms with van der Waals surface area (Å²) >= 11 is 0. The van der Waals surface area contributed by atoms with Gasteiger partial charge >= 0.3 is 17.9 Å². The van der Waals surface area contributed by atoms with Crippen molar-refractivity contribution < 1.29 is 48.5 Å². The summed E-state index contributed by atoms with van der Waals surface area (Å²) in [4.78, 5) is 35.5. The van der Waals surface area contributed by atoms with Gasteiger partial charge in [-0.2, -0.15) is 10.1 Å². The fourth-order valence-electron chi connectivity index (χ4n) is 4.42. The molecule has 3 heterocycles. The second-order valence-electron chi connectivity index (χ2n) is 12.6. The first-order valence-electron chi connectivity index (χ1n) is 13.0. The zero-order chi connectivity index (χ0) is 29.4. The normalized spacial score (nSPS) is 28.5. The van der Waals surface area contributed by atoms with Crippen LogP contribution in [0.1, 0.15) is 82.1 Å². The van der Waals surface area contributed by atoms with E-state index in [1.807, 2.05) is 27.7 Å². The SMILES string of the molecule is CC1(C)OCC2(COC(=O)C(C)(C)N2O)CO1.CCC1(CC)C(=O)OCC(C)(COC(=O)C(C)(C)C)N1O. The fraction of sp³-hybridized carbons (Fsp3) is 0.885. The molecular weight excluding hydrogens is 500 g/mol. The monoisotopic (exact) mass is 546 g/mol. The van der Waals surface area contributed by atoms with Gasteiger partial charge in [-0.1, -0.05) is 13.8 Å². The molecule has 12 heteroatoms.